The van der Waals surface area contributed by atoms with Gasteiger partial charge in [0.05, 0.1) is 40.3 Å². The van der Waals surface area contributed by atoms with Gasteiger partial charge in [-0.1, -0.05) is 11.6 Å². The van der Waals surface area contributed by atoms with Crippen molar-refractivity contribution in [3.63, 3.8) is 0 Å². The highest BCUT2D eigenvalue weighted by Gasteiger charge is 2.25. The fraction of sp³-hybridized carbons (Fsp3) is 0.435. The molecular formula is C23H24ClFN10O. The number of aliphatic hydroxyl groups excluding tert-OH is 1. The summed E-state index contributed by atoms with van der Waals surface area (Å²) in [5, 5.41) is 39.8. The van der Waals surface area contributed by atoms with Crippen LogP contribution >= 0.6 is 11.6 Å². The number of piperazine rings is 1. The standard InChI is InChI=1S/C23H24ClFN10O/c24-20-18(7-14(10-26)8-19(20)34-5-3-33(4-6-34)13-17(36)9-25)30-22-31-21-15(11-27)12-28-35(21)23(32-22)29-16-1-2-16/h7-8,12,16-17,36H,1-6,9,13H2,(H2,29,30,31,32). The number of benzene rings is 1. The molecule has 11 nitrogen and oxygen atoms in total. The lowest BCUT2D eigenvalue weighted by Crippen LogP contribution is -2.49. The van der Waals surface area contributed by atoms with Gasteiger partial charge >= 0.3 is 0 Å². The molecule has 1 aliphatic heterocycles. The number of rotatable bonds is 8. The van der Waals surface area contributed by atoms with Gasteiger partial charge in [0.25, 0.3) is 0 Å². The summed E-state index contributed by atoms with van der Waals surface area (Å²) in [5.74, 6) is 0.682. The van der Waals surface area contributed by atoms with Crippen LogP contribution in [0.2, 0.25) is 5.02 Å². The lowest BCUT2D eigenvalue weighted by Gasteiger charge is -2.37. The van der Waals surface area contributed by atoms with Crippen molar-refractivity contribution in [2.45, 2.75) is 25.0 Å². The number of β-amino-alcohol motifs (C(OH)–C–C–N with tert-alkyl or cyclic N) is 1. The minimum atomic E-state index is -0.994. The Labute approximate surface area is 211 Å². The van der Waals surface area contributed by atoms with Gasteiger partial charge < -0.3 is 20.6 Å². The Kier molecular flexibility index (Phi) is 6.74. The number of nitrogens with one attached hydrogen (secondary N) is 2. The summed E-state index contributed by atoms with van der Waals surface area (Å²) in [6, 6.07) is 7.92. The van der Waals surface area contributed by atoms with Crippen LogP contribution in [0.25, 0.3) is 5.65 Å². The first kappa shape index (κ1) is 24.0. The largest absolute Gasteiger partial charge is 0.389 e. The molecule has 0 amide bonds. The summed E-state index contributed by atoms with van der Waals surface area (Å²) in [4.78, 5) is 13.1. The molecule has 1 atom stereocenters. The molecule has 2 fully saturated rings. The molecule has 1 unspecified atom stereocenters. The molecule has 0 radical (unpaired) electrons. The van der Waals surface area contributed by atoms with Crippen LogP contribution in [0.5, 0.6) is 0 Å². The normalized spacial score (nSPS) is 17.0. The van der Waals surface area contributed by atoms with Crippen molar-refractivity contribution in [2.75, 3.05) is 54.9 Å². The van der Waals surface area contributed by atoms with E-state index >= 15 is 0 Å². The van der Waals surface area contributed by atoms with Crippen molar-refractivity contribution in [2.24, 2.45) is 0 Å². The molecular weight excluding hydrogens is 487 g/mol. The zero-order valence-electron chi connectivity index (χ0n) is 19.3. The molecule has 1 saturated carbocycles. The van der Waals surface area contributed by atoms with Gasteiger partial charge in [-0.05, 0) is 25.0 Å². The molecule has 1 saturated heterocycles. The average Bonchev–Trinajstić information content (AvgIpc) is 3.61. The Morgan fingerprint density at radius 2 is 1.94 bits per heavy atom. The second-order valence-corrected chi connectivity index (χ2v) is 9.26. The Balaban J connectivity index is 1.43. The molecule has 1 aromatic carbocycles. The van der Waals surface area contributed by atoms with Gasteiger partial charge in [0, 0.05) is 38.8 Å². The molecule has 3 N–H and O–H groups in total. The molecule has 2 aromatic heterocycles. The summed E-state index contributed by atoms with van der Waals surface area (Å²) in [6.07, 6.45) is 2.51. The van der Waals surface area contributed by atoms with E-state index in [9.17, 15) is 20.0 Å². The molecule has 0 spiro atoms. The summed E-state index contributed by atoms with van der Waals surface area (Å²) in [7, 11) is 0. The third-order valence-corrected chi connectivity index (χ3v) is 6.59. The highest BCUT2D eigenvalue weighted by Crippen LogP contribution is 2.36. The maximum Gasteiger partial charge on any atom is 0.232 e. The van der Waals surface area contributed by atoms with Crippen molar-refractivity contribution in [1.82, 2.24) is 24.5 Å². The van der Waals surface area contributed by atoms with Crippen LogP contribution in [0.1, 0.15) is 24.0 Å². The fourth-order valence-electron chi connectivity index (χ4n) is 4.15. The summed E-state index contributed by atoms with van der Waals surface area (Å²) in [5.41, 5.74) is 2.22. The monoisotopic (exact) mass is 510 g/mol. The number of fused-ring (bicyclic) bond motifs is 1. The van der Waals surface area contributed by atoms with E-state index in [1.165, 1.54) is 10.7 Å². The van der Waals surface area contributed by atoms with Crippen LogP contribution < -0.4 is 15.5 Å². The third kappa shape index (κ3) is 4.97. The van der Waals surface area contributed by atoms with Crippen molar-refractivity contribution >= 4 is 40.5 Å². The van der Waals surface area contributed by atoms with E-state index < -0.39 is 12.8 Å². The number of alkyl halides is 1. The van der Waals surface area contributed by atoms with E-state index in [1.807, 2.05) is 4.90 Å². The first-order chi connectivity index (χ1) is 17.5. The van der Waals surface area contributed by atoms with Crippen molar-refractivity contribution in [3.8, 4) is 12.1 Å². The van der Waals surface area contributed by atoms with Crippen LogP contribution in [-0.2, 0) is 0 Å². The maximum absolute atomic E-state index is 12.7. The number of nitriles is 2. The lowest BCUT2D eigenvalue weighted by atomic mass is 10.1. The van der Waals surface area contributed by atoms with Crippen molar-refractivity contribution in [1.29, 1.82) is 10.5 Å². The van der Waals surface area contributed by atoms with Crippen LogP contribution in [-0.4, -0.2) is 81.1 Å². The van der Waals surface area contributed by atoms with Crippen molar-refractivity contribution in [3.05, 3.63) is 34.5 Å². The van der Waals surface area contributed by atoms with Gasteiger partial charge in [0.2, 0.25) is 11.9 Å². The predicted octanol–water partition coefficient (Wildman–Crippen LogP) is 2.29. The van der Waals surface area contributed by atoms with Crippen LogP contribution in [0.15, 0.2) is 18.3 Å². The SMILES string of the molecule is N#Cc1cc(Nc2nc(NC3CC3)n3ncc(C#N)c3n2)c(Cl)c(N2CCN(CC(O)CF)CC2)c1. The molecule has 13 heteroatoms. The second-order valence-electron chi connectivity index (χ2n) is 8.88. The van der Waals surface area contributed by atoms with Gasteiger partial charge in [0.1, 0.15) is 18.3 Å². The quantitative estimate of drug-likeness (QED) is 0.413. The van der Waals surface area contributed by atoms with Crippen LogP contribution in [0.3, 0.4) is 0 Å². The molecule has 3 heterocycles. The minimum Gasteiger partial charge on any atom is -0.389 e. The Hall–Kier alpha value is -3.71. The molecule has 36 heavy (non-hydrogen) atoms. The Morgan fingerprint density at radius 1 is 1.17 bits per heavy atom. The van der Waals surface area contributed by atoms with Gasteiger partial charge in [-0.3, -0.25) is 4.90 Å². The third-order valence-electron chi connectivity index (χ3n) is 6.19. The number of nitrogens with zero attached hydrogens (tertiary/aromatic N) is 8. The topological polar surface area (TPSA) is 141 Å². The zero-order valence-corrected chi connectivity index (χ0v) is 20.1. The van der Waals surface area contributed by atoms with E-state index in [-0.39, 0.29) is 12.5 Å². The highest BCUT2D eigenvalue weighted by atomic mass is 35.5. The van der Waals surface area contributed by atoms with E-state index in [1.54, 1.807) is 12.1 Å². The van der Waals surface area contributed by atoms with E-state index in [2.05, 4.69) is 42.7 Å². The smallest absolute Gasteiger partial charge is 0.232 e. The molecule has 3 aromatic rings. The number of anilines is 4. The number of aromatic nitrogens is 4. The summed E-state index contributed by atoms with van der Waals surface area (Å²) < 4.78 is 14.2. The summed E-state index contributed by atoms with van der Waals surface area (Å²) >= 11 is 6.80. The van der Waals surface area contributed by atoms with E-state index in [0.29, 0.717) is 71.3 Å². The van der Waals surface area contributed by atoms with Gasteiger partial charge in [-0.15, -0.1) is 0 Å². The highest BCUT2D eigenvalue weighted by molar-refractivity contribution is 6.36. The maximum atomic E-state index is 12.7. The fourth-order valence-corrected chi connectivity index (χ4v) is 4.43. The number of hydrogen-bond donors (Lipinski definition) is 3. The number of aliphatic hydroxyl groups is 1. The molecule has 1 aliphatic carbocycles. The lowest BCUT2D eigenvalue weighted by molar-refractivity contribution is 0.0871. The number of hydrogen-bond acceptors (Lipinski definition) is 10. The second kappa shape index (κ2) is 10.1. The van der Waals surface area contributed by atoms with Gasteiger partial charge in [0.15, 0.2) is 5.65 Å². The summed E-state index contributed by atoms with van der Waals surface area (Å²) in [6.45, 7) is 1.96. The van der Waals surface area contributed by atoms with Crippen LogP contribution in [0, 0.1) is 22.7 Å². The Bertz CT molecular complexity index is 1350. The first-order valence-corrected chi connectivity index (χ1v) is 12.0. The predicted molar refractivity (Wildman–Crippen MR) is 132 cm³/mol. The minimum absolute atomic E-state index is 0.218. The number of halogens is 2. The first-order valence-electron chi connectivity index (χ1n) is 11.6. The molecule has 0 bridgehead atoms. The molecule has 186 valence electrons. The van der Waals surface area contributed by atoms with Crippen molar-refractivity contribution < 1.29 is 9.50 Å². The van der Waals surface area contributed by atoms with Gasteiger partial charge in [-0.2, -0.15) is 30.1 Å². The Morgan fingerprint density at radius 3 is 2.61 bits per heavy atom. The molecule has 2 aliphatic rings. The molecule has 5 rings (SSSR count). The van der Waals surface area contributed by atoms with Gasteiger partial charge in [-0.25, -0.2) is 4.39 Å². The van der Waals surface area contributed by atoms with E-state index in [0.717, 1.165) is 12.8 Å². The average molecular weight is 511 g/mol. The van der Waals surface area contributed by atoms with Crippen LogP contribution in [0.4, 0.5) is 27.7 Å². The van der Waals surface area contributed by atoms with E-state index in [4.69, 9.17) is 11.6 Å². The zero-order chi connectivity index (χ0) is 25.2.